The first-order valence-corrected chi connectivity index (χ1v) is 8.41. The lowest BCUT2D eigenvalue weighted by atomic mass is 10.1. The monoisotopic (exact) mass is 358 g/mol. The van der Waals surface area contributed by atoms with Crippen molar-refractivity contribution in [2.75, 3.05) is 5.32 Å². The molecule has 25 heavy (non-hydrogen) atoms. The molecule has 1 aromatic carbocycles. The number of hydrogen-bond donors (Lipinski definition) is 1. The topological polar surface area (TPSA) is 76.9 Å². The summed E-state index contributed by atoms with van der Waals surface area (Å²) in [6.45, 7) is 3.41. The molecule has 0 aliphatic carbocycles. The van der Waals surface area contributed by atoms with E-state index in [1.165, 1.54) is 29.5 Å². The van der Waals surface area contributed by atoms with Crippen LogP contribution in [0.5, 0.6) is 0 Å². The van der Waals surface area contributed by atoms with Crippen LogP contribution in [-0.2, 0) is 4.79 Å². The van der Waals surface area contributed by atoms with Crippen molar-refractivity contribution in [1.82, 2.24) is 14.8 Å². The minimum atomic E-state index is -0.822. The number of halogens is 1. The molecule has 1 amide bonds. The van der Waals surface area contributed by atoms with E-state index < -0.39 is 11.6 Å². The second kappa shape index (κ2) is 6.94. The van der Waals surface area contributed by atoms with Gasteiger partial charge in [0, 0.05) is 17.0 Å². The zero-order valence-corrected chi connectivity index (χ0v) is 14.4. The Kier molecular flexibility index (Phi) is 4.71. The molecule has 1 atom stereocenters. The molecule has 8 heteroatoms. The Morgan fingerprint density at radius 3 is 2.60 bits per heavy atom. The van der Waals surface area contributed by atoms with Crippen molar-refractivity contribution in [2.45, 2.75) is 19.9 Å². The smallest absolute Gasteiger partial charge is 0.267 e. The van der Waals surface area contributed by atoms with Gasteiger partial charge in [0.2, 0.25) is 0 Å². The number of aromatic nitrogens is 3. The molecule has 0 aliphatic rings. The molecule has 1 N–H and O–H groups in total. The summed E-state index contributed by atoms with van der Waals surface area (Å²) >= 11 is 1.31. The number of aryl methyl sites for hydroxylation is 1. The molecule has 2 heterocycles. The van der Waals surface area contributed by atoms with Gasteiger partial charge in [-0.1, -0.05) is 0 Å². The molecule has 0 radical (unpaired) electrons. The van der Waals surface area contributed by atoms with Crippen LogP contribution < -0.4 is 10.9 Å². The van der Waals surface area contributed by atoms with Gasteiger partial charge in [0.1, 0.15) is 11.9 Å². The van der Waals surface area contributed by atoms with Gasteiger partial charge in [0.25, 0.3) is 11.5 Å². The average Bonchev–Trinajstić information content (AvgIpc) is 3.00. The van der Waals surface area contributed by atoms with Gasteiger partial charge in [-0.05, 0) is 44.2 Å². The van der Waals surface area contributed by atoms with Crippen LogP contribution in [0.25, 0.3) is 11.3 Å². The van der Waals surface area contributed by atoms with Crippen molar-refractivity contribution in [3.63, 3.8) is 0 Å². The predicted octanol–water partition coefficient (Wildman–Crippen LogP) is 3.01. The highest BCUT2D eigenvalue weighted by Crippen LogP contribution is 2.18. The van der Waals surface area contributed by atoms with Crippen molar-refractivity contribution in [3.05, 3.63) is 63.6 Å². The molecule has 0 spiro atoms. The van der Waals surface area contributed by atoms with Crippen molar-refractivity contribution < 1.29 is 9.18 Å². The first-order valence-electron chi connectivity index (χ1n) is 7.53. The maximum Gasteiger partial charge on any atom is 0.267 e. The quantitative estimate of drug-likeness (QED) is 0.778. The summed E-state index contributed by atoms with van der Waals surface area (Å²) in [4.78, 5) is 28.6. The third kappa shape index (κ3) is 3.80. The van der Waals surface area contributed by atoms with E-state index in [-0.39, 0.29) is 11.7 Å². The highest BCUT2D eigenvalue weighted by molar-refractivity contribution is 7.13. The number of amides is 1. The SMILES string of the molecule is Cc1csc(NC(=O)[C@@H](C)n2nc(-c3ccc(F)cc3)ccc2=O)n1. The van der Waals surface area contributed by atoms with Crippen molar-refractivity contribution >= 4 is 22.4 Å². The first kappa shape index (κ1) is 17.0. The largest absolute Gasteiger partial charge is 0.300 e. The van der Waals surface area contributed by atoms with E-state index in [9.17, 15) is 14.0 Å². The van der Waals surface area contributed by atoms with Crippen molar-refractivity contribution in [3.8, 4) is 11.3 Å². The summed E-state index contributed by atoms with van der Waals surface area (Å²) in [6, 6.07) is 7.81. The zero-order chi connectivity index (χ0) is 18.0. The molecule has 0 aliphatic heterocycles. The summed E-state index contributed by atoms with van der Waals surface area (Å²) in [5, 5.41) is 9.21. The van der Waals surface area contributed by atoms with Crippen LogP contribution in [0.2, 0.25) is 0 Å². The molecule has 0 unspecified atom stereocenters. The van der Waals surface area contributed by atoms with Crippen LogP contribution >= 0.6 is 11.3 Å². The molecule has 3 aromatic rings. The Balaban J connectivity index is 1.87. The molecule has 0 saturated heterocycles. The van der Waals surface area contributed by atoms with Crippen molar-refractivity contribution in [1.29, 1.82) is 0 Å². The summed E-state index contributed by atoms with van der Waals surface area (Å²) < 4.78 is 14.2. The fraction of sp³-hybridized carbons (Fsp3) is 0.176. The second-order valence-corrected chi connectivity index (χ2v) is 6.33. The summed E-state index contributed by atoms with van der Waals surface area (Å²) in [5.41, 5.74) is 1.54. The second-order valence-electron chi connectivity index (χ2n) is 5.47. The van der Waals surface area contributed by atoms with Gasteiger partial charge in [0.05, 0.1) is 11.4 Å². The summed E-state index contributed by atoms with van der Waals surface area (Å²) in [7, 11) is 0. The minimum Gasteiger partial charge on any atom is -0.300 e. The molecule has 0 fully saturated rings. The normalized spacial score (nSPS) is 12.0. The van der Waals surface area contributed by atoms with Crippen molar-refractivity contribution in [2.24, 2.45) is 0 Å². The predicted molar refractivity (Wildman–Crippen MR) is 94.1 cm³/mol. The van der Waals surface area contributed by atoms with E-state index in [1.807, 2.05) is 12.3 Å². The number of rotatable bonds is 4. The number of nitrogens with zero attached hydrogens (tertiary/aromatic N) is 3. The molecule has 2 aromatic heterocycles. The van der Waals surface area contributed by atoms with Gasteiger partial charge < -0.3 is 5.32 Å². The van der Waals surface area contributed by atoms with Gasteiger partial charge in [-0.25, -0.2) is 14.1 Å². The van der Waals surface area contributed by atoms with Crippen LogP contribution in [0.15, 0.2) is 46.6 Å². The van der Waals surface area contributed by atoms with E-state index in [4.69, 9.17) is 0 Å². The van der Waals surface area contributed by atoms with Crippen LogP contribution in [0.4, 0.5) is 9.52 Å². The van der Waals surface area contributed by atoms with Gasteiger partial charge in [0.15, 0.2) is 5.13 Å². The number of thiazole rings is 1. The lowest BCUT2D eigenvalue weighted by molar-refractivity contribution is -0.119. The van der Waals surface area contributed by atoms with Gasteiger partial charge in [-0.15, -0.1) is 11.3 Å². The maximum absolute atomic E-state index is 13.1. The van der Waals surface area contributed by atoms with Crippen LogP contribution in [0, 0.1) is 12.7 Å². The molecule has 6 nitrogen and oxygen atoms in total. The van der Waals surface area contributed by atoms with Crippen LogP contribution in [0.1, 0.15) is 18.7 Å². The lowest BCUT2D eigenvalue weighted by Gasteiger charge is -2.14. The summed E-state index contributed by atoms with van der Waals surface area (Å²) in [5.74, 6) is -0.747. The average molecular weight is 358 g/mol. The molecular formula is C17H15FN4O2S. The molecule has 0 bridgehead atoms. The van der Waals surface area contributed by atoms with Gasteiger partial charge in [-0.3, -0.25) is 9.59 Å². The number of carbonyl (C=O) groups is 1. The van der Waals surface area contributed by atoms with Crippen LogP contribution in [-0.4, -0.2) is 20.7 Å². The third-order valence-electron chi connectivity index (χ3n) is 3.56. The van der Waals surface area contributed by atoms with E-state index in [0.717, 1.165) is 10.4 Å². The van der Waals surface area contributed by atoms with E-state index in [0.29, 0.717) is 16.4 Å². The molecular weight excluding hydrogens is 343 g/mol. The van der Waals surface area contributed by atoms with E-state index in [2.05, 4.69) is 15.4 Å². The fourth-order valence-electron chi connectivity index (χ4n) is 2.21. The van der Waals surface area contributed by atoms with Gasteiger partial charge >= 0.3 is 0 Å². The highest BCUT2D eigenvalue weighted by atomic mass is 32.1. The Bertz CT molecular complexity index is 965. The standard InChI is InChI=1S/C17H15FN4O2S/c1-10-9-25-17(19-10)20-16(24)11(2)22-15(23)8-7-14(21-22)12-3-5-13(18)6-4-12/h3-9,11H,1-2H3,(H,19,20,24)/t11-/m1/s1. The minimum absolute atomic E-state index is 0.358. The summed E-state index contributed by atoms with van der Waals surface area (Å²) in [6.07, 6.45) is 0. The number of hydrogen-bond acceptors (Lipinski definition) is 5. The number of carbonyl (C=O) groups excluding carboxylic acids is 1. The van der Waals surface area contributed by atoms with Gasteiger partial charge in [-0.2, -0.15) is 5.10 Å². The number of nitrogens with one attached hydrogen (secondary N) is 1. The number of anilines is 1. The molecule has 128 valence electrons. The number of benzene rings is 1. The Hall–Kier alpha value is -2.87. The zero-order valence-electron chi connectivity index (χ0n) is 13.6. The maximum atomic E-state index is 13.1. The highest BCUT2D eigenvalue weighted by Gasteiger charge is 2.19. The first-order chi connectivity index (χ1) is 11.9. The lowest BCUT2D eigenvalue weighted by Crippen LogP contribution is -2.33. The Labute approximate surface area is 147 Å². The Morgan fingerprint density at radius 1 is 1.24 bits per heavy atom. The molecule has 0 saturated carbocycles. The fourth-order valence-corrected chi connectivity index (χ4v) is 2.90. The molecule has 3 rings (SSSR count). The Morgan fingerprint density at radius 2 is 1.96 bits per heavy atom. The van der Waals surface area contributed by atoms with E-state index in [1.54, 1.807) is 25.1 Å². The van der Waals surface area contributed by atoms with Crippen LogP contribution in [0.3, 0.4) is 0 Å². The van der Waals surface area contributed by atoms with E-state index >= 15 is 0 Å². The third-order valence-corrected chi connectivity index (χ3v) is 4.44.